The molecule has 2 aromatic rings. The topological polar surface area (TPSA) is 86.2 Å². The lowest BCUT2D eigenvalue weighted by Crippen LogP contribution is -2.17. The van der Waals surface area contributed by atoms with E-state index in [9.17, 15) is 4.79 Å². The number of ether oxygens (including phenoxy) is 2. The maximum atomic E-state index is 12.3. The summed E-state index contributed by atoms with van der Waals surface area (Å²) < 4.78 is 11.7. The van der Waals surface area contributed by atoms with Gasteiger partial charge < -0.3 is 9.47 Å². The van der Waals surface area contributed by atoms with Crippen LogP contribution in [0.15, 0.2) is 16.6 Å². The second kappa shape index (κ2) is 8.11. The van der Waals surface area contributed by atoms with Crippen molar-refractivity contribution in [2.75, 3.05) is 24.3 Å². The SMILES string of the molecule is CCSc1nnc(NC(=O)c2cnc(O[C@@H]3CCOC3)c(Cl)c2)s1. The smallest absolute Gasteiger partial charge is 0.259 e. The summed E-state index contributed by atoms with van der Waals surface area (Å²) in [6, 6.07) is 1.53. The van der Waals surface area contributed by atoms with Crippen LogP contribution in [-0.2, 0) is 4.74 Å². The first kappa shape index (κ1) is 17.4. The van der Waals surface area contributed by atoms with Crippen molar-refractivity contribution in [3.05, 3.63) is 22.8 Å². The van der Waals surface area contributed by atoms with Gasteiger partial charge in [0.25, 0.3) is 5.91 Å². The highest BCUT2D eigenvalue weighted by Crippen LogP contribution is 2.27. The van der Waals surface area contributed by atoms with Crippen LogP contribution in [0.1, 0.15) is 23.7 Å². The summed E-state index contributed by atoms with van der Waals surface area (Å²) in [5, 5.41) is 11.3. The molecule has 1 aliphatic rings. The lowest BCUT2D eigenvalue weighted by molar-refractivity contribution is 0.102. The Morgan fingerprint density at radius 1 is 1.58 bits per heavy atom. The molecule has 0 radical (unpaired) electrons. The first-order valence-corrected chi connectivity index (χ1v) is 9.51. The van der Waals surface area contributed by atoms with Crippen molar-refractivity contribution >= 4 is 45.7 Å². The number of thioether (sulfide) groups is 1. The van der Waals surface area contributed by atoms with Gasteiger partial charge in [0.15, 0.2) is 4.34 Å². The molecule has 2 aromatic heterocycles. The van der Waals surface area contributed by atoms with Crippen molar-refractivity contribution in [2.24, 2.45) is 0 Å². The number of hydrogen-bond donors (Lipinski definition) is 1. The predicted octanol–water partition coefficient (Wildman–Crippen LogP) is 3.12. The van der Waals surface area contributed by atoms with Crippen LogP contribution in [0.25, 0.3) is 0 Å². The normalized spacial score (nSPS) is 17.0. The van der Waals surface area contributed by atoms with Crippen LogP contribution in [0.3, 0.4) is 0 Å². The first-order chi connectivity index (χ1) is 11.7. The molecule has 1 amide bonds. The van der Waals surface area contributed by atoms with Gasteiger partial charge in [-0.1, -0.05) is 41.6 Å². The zero-order valence-corrected chi connectivity index (χ0v) is 15.2. The number of hydrogen-bond acceptors (Lipinski definition) is 8. The van der Waals surface area contributed by atoms with E-state index in [1.807, 2.05) is 6.92 Å². The minimum absolute atomic E-state index is 0.0504. The first-order valence-electron chi connectivity index (χ1n) is 7.33. The molecule has 1 aliphatic heterocycles. The number of carbonyl (C=O) groups is 1. The highest BCUT2D eigenvalue weighted by molar-refractivity contribution is 8.01. The summed E-state index contributed by atoms with van der Waals surface area (Å²) in [6.45, 7) is 3.22. The number of pyridine rings is 1. The average molecular weight is 387 g/mol. The van der Waals surface area contributed by atoms with Crippen LogP contribution in [0.4, 0.5) is 5.13 Å². The van der Waals surface area contributed by atoms with Crippen LogP contribution in [0.5, 0.6) is 5.88 Å². The van der Waals surface area contributed by atoms with E-state index in [-0.39, 0.29) is 17.0 Å². The fourth-order valence-corrected chi connectivity index (χ4v) is 3.87. The van der Waals surface area contributed by atoms with Crippen LogP contribution in [-0.4, -0.2) is 46.2 Å². The number of amides is 1. The summed E-state index contributed by atoms with van der Waals surface area (Å²) >= 11 is 9.06. The van der Waals surface area contributed by atoms with E-state index in [0.717, 1.165) is 16.5 Å². The number of rotatable bonds is 6. The highest BCUT2D eigenvalue weighted by Gasteiger charge is 2.20. The molecule has 24 heavy (non-hydrogen) atoms. The molecule has 0 bridgehead atoms. The van der Waals surface area contributed by atoms with Crippen LogP contribution < -0.4 is 10.1 Å². The molecule has 0 aromatic carbocycles. The second-order valence-corrected chi connectivity index (χ2v) is 7.77. The molecule has 1 atom stereocenters. The molecule has 0 aliphatic carbocycles. The molecule has 128 valence electrons. The van der Waals surface area contributed by atoms with Crippen molar-refractivity contribution in [1.29, 1.82) is 0 Å². The number of nitrogens with zero attached hydrogens (tertiary/aromatic N) is 3. The van der Waals surface area contributed by atoms with E-state index in [4.69, 9.17) is 21.1 Å². The summed E-state index contributed by atoms with van der Waals surface area (Å²) in [7, 11) is 0. The highest BCUT2D eigenvalue weighted by atomic mass is 35.5. The minimum Gasteiger partial charge on any atom is -0.471 e. The van der Waals surface area contributed by atoms with Gasteiger partial charge in [-0.15, -0.1) is 10.2 Å². The fraction of sp³-hybridized carbons (Fsp3) is 0.429. The summed E-state index contributed by atoms with van der Waals surface area (Å²) in [5.41, 5.74) is 0.329. The molecule has 0 unspecified atom stereocenters. The predicted molar refractivity (Wildman–Crippen MR) is 93.4 cm³/mol. The Hall–Kier alpha value is -1.42. The van der Waals surface area contributed by atoms with Gasteiger partial charge in [0, 0.05) is 12.6 Å². The molecular weight excluding hydrogens is 372 g/mol. The van der Waals surface area contributed by atoms with Gasteiger partial charge in [0.1, 0.15) is 11.1 Å². The Labute approximate surface area is 152 Å². The van der Waals surface area contributed by atoms with Crippen LogP contribution in [0, 0.1) is 0 Å². The van der Waals surface area contributed by atoms with Gasteiger partial charge in [-0.3, -0.25) is 10.1 Å². The molecule has 0 spiro atoms. The summed E-state index contributed by atoms with van der Waals surface area (Å²) in [4.78, 5) is 16.4. The Balaban J connectivity index is 1.64. The number of halogens is 1. The van der Waals surface area contributed by atoms with Gasteiger partial charge in [-0.25, -0.2) is 4.98 Å². The van der Waals surface area contributed by atoms with Crippen molar-refractivity contribution in [1.82, 2.24) is 15.2 Å². The molecule has 1 N–H and O–H groups in total. The average Bonchev–Trinajstić information content (AvgIpc) is 3.22. The Bertz CT molecular complexity index is 722. The van der Waals surface area contributed by atoms with Gasteiger partial charge in [-0.05, 0) is 11.8 Å². The van der Waals surface area contributed by atoms with E-state index in [2.05, 4.69) is 20.5 Å². The Morgan fingerprint density at radius 3 is 3.17 bits per heavy atom. The van der Waals surface area contributed by atoms with Crippen molar-refractivity contribution < 1.29 is 14.3 Å². The third kappa shape index (κ3) is 4.35. The zero-order chi connectivity index (χ0) is 16.9. The van der Waals surface area contributed by atoms with E-state index < -0.39 is 0 Å². The molecular formula is C14H15ClN4O3S2. The molecule has 1 fully saturated rings. The van der Waals surface area contributed by atoms with Crippen LogP contribution >= 0.6 is 34.7 Å². The van der Waals surface area contributed by atoms with E-state index in [1.165, 1.54) is 23.6 Å². The van der Waals surface area contributed by atoms with Crippen molar-refractivity contribution in [3.63, 3.8) is 0 Å². The molecule has 0 saturated carbocycles. The largest absolute Gasteiger partial charge is 0.471 e. The maximum Gasteiger partial charge on any atom is 0.259 e. The fourth-order valence-electron chi connectivity index (χ4n) is 2.01. The monoisotopic (exact) mass is 386 g/mol. The third-order valence-corrected chi connectivity index (χ3v) is 5.26. The van der Waals surface area contributed by atoms with E-state index >= 15 is 0 Å². The van der Waals surface area contributed by atoms with Crippen molar-refractivity contribution in [2.45, 2.75) is 23.8 Å². The summed E-state index contributed by atoms with van der Waals surface area (Å²) in [6.07, 6.45) is 2.18. The van der Waals surface area contributed by atoms with Crippen LogP contribution in [0.2, 0.25) is 5.02 Å². The Morgan fingerprint density at radius 2 is 2.46 bits per heavy atom. The standard InChI is InChI=1S/C14H15ClN4O3S2/c1-2-23-14-19-18-13(24-14)17-11(20)8-5-10(15)12(16-6-8)22-9-3-4-21-7-9/h5-6,9H,2-4,7H2,1H3,(H,17,18,20)/t9-/m1/s1. The molecule has 3 heterocycles. The van der Waals surface area contributed by atoms with Gasteiger partial charge in [0.05, 0.1) is 18.8 Å². The third-order valence-electron chi connectivity index (χ3n) is 3.13. The molecule has 1 saturated heterocycles. The number of nitrogens with one attached hydrogen (secondary N) is 1. The number of carbonyl (C=O) groups excluding carboxylic acids is 1. The minimum atomic E-state index is -0.343. The quantitative estimate of drug-likeness (QED) is 0.602. The number of aromatic nitrogens is 3. The summed E-state index contributed by atoms with van der Waals surface area (Å²) in [5.74, 6) is 0.862. The lowest BCUT2D eigenvalue weighted by atomic mass is 10.2. The van der Waals surface area contributed by atoms with E-state index in [0.29, 0.717) is 29.8 Å². The van der Waals surface area contributed by atoms with Gasteiger partial charge in [0.2, 0.25) is 11.0 Å². The molecule has 3 rings (SSSR count). The number of anilines is 1. The molecule has 10 heteroatoms. The molecule has 7 nitrogen and oxygen atoms in total. The van der Waals surface area contributed by atoms with E-state index in [1.54, 1.807) is 11.8 Å². The zero-order valence-electron chi connectivity index (χ0n) is 12.8. The van der Waals surface area contributed by atoms with Crippen molar-refractivity contribution in [3.8, 4) is 5.88 Å². The van der Waals surface area contributed by atoms with Gasteiger partial charge in [-0.2, -0.15) is 0 Å². The van der Waals surface area contributed by atoms with Gasteiger partial charge >= 0.3 is 0 Å². The maximum absolute atomic E-state index is 12.3. The Kier molecular flexibility index (Phi) is 5.88. The second-order valence-electron chi connectivity index (χ2n) is 4.87. The lowest BCUT2D eigenvalue weighted by Gasteiger charge is -2.12.